The number of hydrogen-bond donors (Lipinski definition) is 1. The molecule has 0 unspecified atom stereocenters. The van der Waals surface area contributed by atoms with Crippen LogP contribution >= 0.6 is 0 Å². The van der Waals surface area contributed by atoms with Gasteiger partial charge in [-0.05, 0) is 30.7 Å². The van der Waals surface area contributed by atoms with Crippen LogP contribution in [0.15, 0.2) is 48.5 Å². The number of nitro benzene ring substituents is 1. The monoisotopic (exact) mass is 369 g/mol. The van der Waals surface area contributed by atoms with Gasteiger partial charge >= 0.3 is 6.09 Å². The smallest absolute Gasteiger partial charge is 0.410 e. The maximum absolute atomic E-state index is 12.2. The summed E-state index contributed by atoms with van der Waals surface area (Å²) in [7, 11) is 0. The van der Waals surface area contributed by atoms with E-state index in [1.165, 1.54) is 24.3 Å². The Bertz CT molecular complexity index is 875. The van der Waals surface area contributed by atoms with Gasteiger partial charge in [-0.15, -0.1) is 0 Å². The summed E-state index contributed by atoms with van der Waals surface area (Å²) in [4.78, 5) is 47.3. The fraction of sp³-hybridized carbons (Fsp3) is 0.167. The second kappa shape index (κ2) is 7.65. The van der Waals surface area contributed by atoms with Gasteiger partial charge < -0.3 is 10.1 Å². The number of amides is 3. The van der Waals surface area contributed by atoms with Gasteiger partial charge in [0.1, 0.15) is 5.75 Å². The molecule has 2 aromatic rings. The van der Waals surface area contributed by atoms with Gasteiger partial charge in [0, 0.05) is 25.2 Å². The predicted octanol–water partition coefficient (Wildman–Crippen LogP) is 2.37. The zero-order chi connectivity index (χ0) is 19.4. The molecule has 1 aliphatic rings. The van der Waals surface area contributed by atoms with Gasteiger partial charge in [-0.25, -0.2) is 4.79 Å². The molecular formula is C18H15N3O6. The molecule has 9 nitrogen and oxygen atoms in total. The highest BCUT2D eigenvalue weighted by molar-refractivity contribution is 6.21. The quantitative estimate of drug-likeness (QED) is 0.361. The lowest BCUT2D eigenvalue weighted by atomic mass is 10.1. The number of imide groups is 1. The third-order valence-electron chi connectivity index (χ3n) is 3.96. The Balaban J connectivity index is 1.44. The average Bonchev–Trinajstić information content (AvgIpc) is 2.90. The molecule has 1 aliphatic heterocycles. The first-order valence-electron chi connectivity index (χ1n) is 8.13. The van der Waals surface area contributed by atoms with Gasteiger partial charge in [-0.3, -0.25) is 24.6 Å². The molecule has 0 aliphatic carbocycles. The molecule has 9 heteroatoms. The zero-order valence-corrected chi connectivity index (χ0v) is 14.1. The van der Waals surface area contributed by atoms with Crippen LogP contribution in [0.3, 0.4) is 0 Å². The normalized spacial score (nSPS) is 12.7. The van der Waals surface area contributed by atoms with Crippen LogP contribution in [-0.4, -0.2) is 40.8 Å². The standard InChI is InChI=1S/C18H15N3O6/c22-16-14-4-1-2-5-15(14)17(23)20(16)11-3-10-19-18(24)27-13-8-6-12(7-9-13)21(25)26/h1-2,4-9H,3,10-11H2,(H,19,24). The molecule has 1 N–H and O–H groups in total. The Kier molecular flexibility index (Phi) is 5.11. The van der Waals surface area contributed by atoms with Crippen molar-refractivity contribution in [1.82, 2.24) is 10.2 Å². The number of ether oxygens (including phenoxy) is 1. The van der Waals surface area contributed by atoms with Crippen molar-refractivity contribution in [1.29, 1.82) is 0 Å². The van der Waals surface area contributed by atoms with E-state index in [1.54, 1.807) is 24.3 Å². The second-order valence-electron chi connectivity index (χ2n) is 5.73. The lowest BCUT2D eigenvalue weighted by molar-refractivity contribution is -0.384. The fourth-order valence-electron chi connectivity index (χ4n) is 2.65. The van der Waals surface area contributed by atoms with Crippen molar-refractivity contribution < 1.29 is 24.0 Å². The van der Waals surface area contributed by atoms with Crippen LogP contribution in [-0.2, 0) is 0 Å². The Hall–Kier alpha value is -3.75. The average molecular weight is 369 g/mol. The first kappa shape index (κ1) is 18.1. The summed E-state index contributed by atoms with van der Waals surface area (Å²) in [6.45, 7) is 0.364. The summed E-state index contributed by atoms with van der Waals surface area (Å²) in [5.74, 6) is -0.522. The molecule has 0 bridgehead atoms. The first-order valence-corrected chi connectivity index (χ1v) is 8.13. The number of benzene rings is 2. The van der Waals surface area contributed by atoms with Crippen LogP contribution < -0.4 is 10.1 Å². The van der Waals surface area contributed by atoms with Crippen molar-refractivity contribution in [3.63, 3.8) is 0 Å². The van der Waals surface area contributed by atoms with E-state index in [9.17, 15) is 24.5 Å². The third-order valence-corrected chi connectivity index (χ3v) is 3.96. The van der Waals surface area contributed by atoms with Crippen LogP contribution in [0, 0.1) is 10.1 Å². The summed E-state index contributed by atoms with van der Waals surface area (Å²) in [5.41, 5.74) is 0.657. The number of nitro groups is 1. The van der Waals surface area contributed by atoms with Crippen LogP contribution in [0.25, 0.3) is 0 Å². The molecule has 27 heavy (non-hydrogen) atoms. The topological polar surface area (TPSA) is 119 Å². The number of non-ortho nitro benzene ring substituents is 1. The number of fused-ring (bicyclic) bond motifs is 1. The molecule has 3 amide bonds. The highest BCUT2D eigenvalue weighted by Crippen LogP contribution is 2.22. The number of nitrogens with zero attached hydrogens (tertiary/aromatic N) is 2. The van der Waals surface area contributed by atoms with E-state index < -0.39 is 11.0 Å². The summed E-state index contributed by atoms with van der Waals surface area (Å²) in [6.07, 6.45) is -0.368. The van der Waals surface area contributed by atoms with Crippen molar-refractivity contribution in [2.45, 2.75) is 6.42 Å². The van der Waals surface area contributed by atoms with Gasteiger partial charge in [-0.2, -0.15) is 0 Å². The Morgan fingerprint density at radius 1 is 1.04 bits per heavy atom. The SMILES string of the molecule is O=C(NCCCN1C(=O)c2ccccc2C1=O)Oc1ccc([N+](=O)[O-])cc1. The number of rotatable bonds is 6. The fourth-order valence-corrected chi connectivity index (χ4v) is 2.65. The molecule has 0 saturated heterocycles. The molecule has 0 spiro atoms. The van der Waals surface area contributed by atoms with E-state index in [1.807, 2.05) is 0 Å². The van der Waals surface area contributed by atoms with E-state index >= 15 is 0 Å². The zero-order valence-electron chi connectivity index (χ0n) is 14.1. The van der Waals surface area contributed by atoms with Gasteiger partial charge in [0.25, 0.3) is 17.5 Å². The summed E-state index contributed by atoms with van der Waals surface area (Å²) >= 11 is 0. The van der Waals surface area contributed by atoms with Crippen LogP contribution in [0.4, 0.5) is 10.5 Å². The first-order chi connectivity index (χ1) is 13.0. The van der Waals surface area contributed by atoms with E-state index in [4.69, 9.17) is 4.74 Å². The van der Waals surface area contributed by atoms with Gasteiger partial charge in [0.05, 0.1) is 16.1 Å². The molecule has 0 atom stereocenters. The largest absolute Gasteiger partial charge is 0.412 e. The van der Waals surface area contributed by atoms with Gasteiger partial charge in [0.2, 0.25) is 0 Å². The molecular weight excluding hydrogens is 354 g/mol. The number of carbonyl (C=O) groups excluding carboxylic acids is 3. The minimum absolute atomic E-state index is 0.108. The Morgan fingerprint density at radius 3 is 2.19 bits per heavy atom. The predicted molar refractivity (Wildman–Crippen MR) is 93.5 cm³/mol. The van der Waals surface area contributed by atoms with Crippen molar-refractivity contribution in [2.75, 3.05) is 13.1 Å². The molecule has 1 heterocycles. The molecule has 0 fully saturated rings. The van der Waals surface area contributed by atoms with Crippen molar-refractivity contribution in [2.24, 2.45) is 0 Å². The van der Waals surface area contributed by atoms with Gasteiger partial charge in [-0.1, -0.05) is 12.1 Å². The van der Waals surface area contributed by atoms with Crippen molar-refractivity contribution in [3.05, 3.63) is 69.8 Å². The Labute approximate surface area is 153 Å². The number of carbonyl (C=O) groups is 3. The lowest BCUT2D eigenvalue weighted by Crippen LogP contribution is -2.34. The highest BCUT2D eigenvalue weighted by atomic mass is 16.6. The summed E-state index contributed by atoms with van der Waals surface area (Å²) in [6, 6.07) is 11.7. The number of nitrogens with one attached hydrogen (secondary N) is 1. The van der Waals surface area contributed by atoms with E-state index in [0.717, 1.165) is 4.90 Å². The Morgan fingerprint density at radius 2 is 1.63 bits per heavy atom. The minimum Gasteiger partial charge on any atom is -0.410 e. The van der Waals surface area contributed by atoms with E-state index in [-0.39, 0.29) is 36.3 Å². The summed E-state index contributed by atoms with van der Waals surface area (Å²) in [5, 5.41) is 13.1. The van der Waals surface area contributed by atoms with Crippen LogP contribution in [0.1, 0.15) is 27.1 Å². The molecule has 2 aromatic carbocycles. The third kappa shape index (κ3) is 3.92. The molecule has 138 valence electrons. The molecule has 0 radical (unpaired) electrons. The lowest BCUT2D eigenvalue weighted by Gasteiger charge is -2.13. The van der Waals surface area contributed by atoms with Crippen molar-refractivity contribution >= 4 is 23.6 Å². The minimum atomic E-state index is -0.730. The molecule has 3 rings (SSSR count). The van der Waals surface area contributed by atoms with Crippen LogP contribution in [0.5, 0.6) is 5.75 Å². The molecule has 0 aromatic heterocycles. The van der Waals surface area contributed by atoms with Crippen LogP contribution in [0.2, 0.25) is 0 Å². The highest BCUT2D eigenvalue weighted by Gasteiger charge is 2.34. The maximum Gasteiger partial charge on any atom is 0.412 e. The maximum atomic E-state index is 12.2. The number of hydrogen-bond acceptors (Lipinski definition) is 6. The van der Waals surface area contributed by atoms with Gasteiger partial charge in [0.15, 0.2) is 0 Å². The second-order valence-corrected chi connectivity index (χ2v) is 5.73. The molecule has 0 saturated carbocycles. The van der Waals surface area contributed by atoms with E-state index in [2.05, 4.69) is 5.32 Å². The van der Waals surface area contributed by atoms with Crippen molar-refractivity contribution in [3.8, 4) is 5.75 Å². The van der Waals surface area contributed by atoms with E-state index in [0.29, 0.717) is 17.5 Å². The summed E-state index contributed by atoms with van der Waals surface area (Å²) < 4.78 is 4.99.